The Morgan fingerprint density at radius 3 is 0.684 bits per heavy atom. The molecule has 0 aliphatic rings. The van der Waals surface area contributed by atoms with Crippen molar-refractivity contribution in [2.24, 2.45) is 0 Å². The molecule has 0 aromatic rings. The number of hydrogen-bond acceptors (Lipinski definition) is 5. The van der Waals surface area contributed by atoms with E-state index in [-0.39, 0.29) is 28.9 Å². The predicted octanol–water partition coefficient (Wildman–Crippen LogP) is -0.951. The fraction of sp³-hybridized carbons (Fsp3) is 0.846. The van der Waals surface area contributed by atoms with Crippen molar-refractivity contribution in [3.8, 4) is 0 Å². The number of ketones is 2. The van der Waals surface area contributed by atoms with E-state index in [4.69, 9.17) is 0 Å². The van der Waals surface area contributed by atoms with E-state index in [1.807, 2.05) is 0 Å². The molecular formula is C13H27AlO5. The fourth-order valence-electron chi connectivity index (χ4n) is 0. The first kappa shape index (κ1) is 31.2. The molecule has 0 aromatic heterocycles. The van der Waals surface area contributed by atoms with Crippen LogP contribution in [0.2, 0.25) is 0 Å². The van der Waals surface area contributed by atoms with E-state index in [1.165, 1.54) is 13.8 Å². The van der Waals surface area contributed by atoms with Gasteiger partial charge in [-0.25, -0.2) is 0 Å². The van der Waals surface area contributed by atoms with Gasteiger partial charge < -0.3 is 15.3 Å². The second-order valence-electron chi connectivity index (χ2n) is 4.26. The van der Waals surface area contributed by atoms with Gasteiger partial charge in [-0.15, -0.1) is 18.3 Å². The Balaban J connectivity index is -0.0000000459. The van der Waals surface area contributed by atoms with Crippen LogP contribution in [-0.4, -0.2) is 47.2 Å². The van der Waals surface area contributed by atoms with Crippen LogP contribution in [0.25, 0.3) is 0 Å². The van der Waals surface area contributed by atoms with Gasteiger partial charge in [0.15, 0.2) is 11.6 Å². The van der Waals surface area contributed by atoms with E-state index in [2.05, 4.69) is 0 Å². The topological polar surface area (TPSA) is 103 Å². The monoisotopic (exact) mass is 290 g/mol. The van der Waals surface area contributed by atoms with E-state index in [0.29, 0.717) is 0 Å². The Hall–Kier alpha value is -0.248. The zero-order valence-electron chi connectivity index (χ0n) is 13.4. The first-order valence-corrected chi connectivity index (χ1v) is 5.83. The molecule has 0 aromatic carbocycles. The van der Waals surface area contributed by atoms with Gasteiger partial charge in [0, 0.05) is 13.8 Å². The molecule has 0 saturated carbocycles. The van der Waals surface area contributed by atoms with E-state index in [1.54, 1.807) is 41.5 Å². The molecule has 6 heteroatoms. The van der Waals surface area contributed by atoms with Gasteiger partial charge in [0.2, 0.25) is 0 Å². The van der Waals surface area contributed by atoms with Crippen molar-refractivity contribution in [3.63, 3.8) is 0 Å². The summed E-state index contributed by atoms with van der Waals surface area (Å²) in [4.78, 5) is 19.6. The molecule has 0 atom stereocenters. The number of rotatable bonds is 1. The van der Waals surface area contributed by atoms with Crippen LogP contribution in [0.4, 0.5) is 0 Å². The largest absolute Gasteiger partial charge is 3.00 e. The quantitative estimate of drug-likeness (QED) is 0.457. The Labute approximate surface area is 128 Å². The molecule has 0 rings (SSSR count). The summed E-state index contributed by atoms with van der Waals surface area (Å²) in [5, 5.41) is 28.6. The van der Waals surface area contributed by atoms with Gasteiger partial charge in [-0.05, 0) is 0 Å². The predicted molar refractivity (Wildman–Crippen MR) is 72.5 cm³/mol. The smallest absolute Gasteiger partial charge is 0.852 e. The summed E-state index contributed by atoms with van der Waals surface area (Å²) in [6.45, 7) is 12.2. The first-order chi connectivity index (χ1) is 7.84. The van der Waals surface area contributed by atoms with E-state index in [9.17, 15) is 24.9 Å². The molecular weight excluding hydrogens is 263 g/mol. The molecule has 0 aliphatic heterocycles. The minimum Gasteiger partial charge on any atom is -0.852 e. The average molecular weight is 290 g/mol. The maximum absolute atomic E-state index is 9.79. The second kappa shape index (κ2) is 22.9. The average Bonchev–Trinajstić information content (AvgIpc) is 1.99. The summed E-state index contributed by atoms with van der Waals surface area (Å²) >= 11 is 0. The summed E-state index contributed by atoms with van der Waals surface area (Å²) in [7, 11) is 0. The van der Waals surface area contributed by atoms with Gasteiger partial charge in [-0.1, -0.05) is 41.5 Å². The van der Waals surface area contributed by atoms with Crippen LogP contribution in [0.5, 0.6) is 0 Å². The third-order valence-electron chi connectivity index (χ3n) is 0.496. The van der Waals surface area contributed by atoms with Crippen LogP contribution in [-0.2, 0) is 9.59 Å². The van der Waals surface area contributed by atoms with Crippen molar-refractivity contribution in [2.75, 3.05) is 0 Å². The van der Waals surface area contributed by atoms with Gasteiger partial charge in [0.1, 0.15) is 0 Å². The minimum absolute atomic E-state index is 0. The molecule has 0 unspecified atom stereocenters. The maximum Gasteiger partial charge on any atom is 3.00 e. The molecule has 0 fully saturated rings. The summed E-state index contributed by atoms with van der Waals surface area (Å²) in [6, 6.07) is 0. The van der Waals surface area contributed by atoms with Crippen LogP contribution in [0.15, 0.2) is 0 Å². The summed E-state index contributed by atoms with van der Waals surface area (Å²) < 4.78 is 0. The van der Waals surface area contributed by atoms with Gasteiger partial charge in [-0.3, -0.25) is 9.59 Å². The molecule has 0 spiro atoms. The van der Waals surface area contributed by atoms with Crippen LogP contribution < -0.4 is 15.3 Å². The van der Waals surface area contributed by atoms with Gasteiger partial charge in [0.05, 0.1) is 0 Å². The van der Waals surface area contributed by atoms with Gasteiger partial charge in [-0.2, -0.15) is 0 Å². The van der Waals surface area contributed by atoms with Gasteiger partial charge in [0.25, 0.3) is 0 Å². The molecule has 0 N–H and O–H groups in total. The van der Waals surface area contributed by atoms with Crippen LogP contribution in [0, 0.1) is 0 Å². The van der Waals surface area contributed by atoms with Crippen molar-refractivity contribution in [3.05, 3.63) is 0 Å². The molecule has 0 amide bonds. The van der Waals surface area contributed by atoms with Crippen molar-refractivity contribution >= 4 is 28.9 Å². The van der Waals surface area contributed by atoms with E-state index >= 15 is 0 Å². The van der Waals surface area contributed by atoms with Crippen LogP contribution in [0.3, 0.4) is 0 Å². The van der Waals surface area contributed by atoms with Crippen molar-refractivity contribution < 1.29 is 24.9 Å². The third kappa shape index (κ3) is 313. The number of carbonyl (C=O) groups excluding carboxylic acids is 2. The minimum atomic E-state index is -0.417. The first-order valence-electron chi connectivity index (χ1n) is 5.83. The molecule has 19 heavy (non-hydrogen) atoms. The molecule has 5 nitrogen and oxygen atoms in total. The van der Waals surface area contributed by atoms with Crippen molar-refractivity contribution in [1.29, 1.82) is 0 Å². The number of carbonyl (C=O) groups is 2. The maximum atomic E-state index is 9.79. The molecule has 0 aliphatic carbocycles. The summed E-state index contributed by atoms with van der Waals surface area (Å²) in [5.41, 5.74) is 0. The van der Waals surface area contributed by atoms with Crippen molar-refractivity contribution in [1.82, 2.24) is 0 Å². The van der Waals surface area contributed by atoms with Crippen LogP contribution in [0.1, 0.15) is 55.4 Å². The zero-order chi connectivity index (χ0) is 15.9. The second-order valence-corrected chi connectivity index (χ2v) is 4.26. The molecule has 0 bridgehead atoms. The Morgan fingerprint density at radius 2 is 0.684 bits per heavy atom. The Morgan fingerprint density at radius 1 is 0.632 bits per heavy atom. The standard InChI is InChI=1S/C4H6O2.3C3H7O.Al/c1-3(5)4(2)6;3*1-3(2)4;/h1-2H3;3*3H,1-2H3;/q;3*-1;+3. The molecule has 112 valence electrons. The summed E-state index contributed by atoms with van der Waals surface area (Å²) in [6.07, 6.45) is -1.25. The van der Waals surface area contributed by atoms with Crippen molar-refractivity contribution in [2.45, 2.75) is 73.7 Å². The van der Waals surface area contributed by atoms with Gasteiger partial charge >= 0.3 is 17.4 Å². The molecule has 0 heterocycles. The molecule has 0 saturated heterocycles. The fourth-order valence-corrected chi connectivity index (χ4v) is 0. The number of hydrogen-bond donors (Lipinski definition) is 0. The van der Waals surface area contributed by atoms with Crippen LogP contribution >= 0.6 is 0 Å². The van der Waals surface area contributed by atoms with E-state index in [0.717, 1.165) is 0 Å². The Bertz CT molecular complexity index is 157. The normalized spacial score (nSPS) is 8.11. The zero-order valence-corrected chi connectivity index (χ0v) is 14.5. The number of Topliss-reactive ketones (excluding diaryl/α,β-unsaturated/α-hetero) is 2. The SMILES string of the molecule is CC(=O)C(C)=O.CC(C)[O-].CC(C)[O-].CC(C)[O-].[Al+3]. The molecule has 0 radical (unpaired) electrons. The third-order valence-corrected chi connectivity index (χ3v) is 0.496. The summed E-state index contributed by atoms with van der Waals surface area (Å²) in [5.74, 6) is -0.759. The Kier molecular flexibility index (Phi) is 37.6. The van der Waals surface area contributed by atoms with E-state index < -0.39 is 18.3 Å².